The topological polar surface area (TPSA) is 101 Å². The maximum Gasteiger partial charge on any atom is 0.248 e. The molecule has 3 fully saturated rings. The molecule has 4 aromatic rings. The molecule has 10 heteroatoms. The van der Waals surface area contributed by atoms with Gasteiger partial charge >= 0.3 is 0 Å². The van der Waals surface area contributed by atoms with Gasteiger partial charge in [0.05, 0.1) is 11.4 Å². The zero-order chi connectivity index (χ0) is 28.2. The van der Waals surface area contributed by atoms with E-state index in [1.54, 1.807) is 4.68 Å². The lowest BCUT2D eigenvalue weighted by Gasteiger charge is -2.37. The number of nitrogens with two attached hydrogens (primary N) is 1. The molecule has 3 N–H and O–H groups in total. The van der Waals surface area contributed by atoms with Crippen LogP contribution < -0.4 is 16.0 Å². The summed E-state index contributed by atoms with van der Waals surface area (Å²) >= 11 is 0. The Morgan fingerprint density at radius 1 is 0.857 bits per heavy atom. The SMILES string of the molecule is Nc1nc(Nc2ccc(N3CCC(N4CCCC4)CC3)c(F)c2)nn1-c1nnc(-c2ccccc2)c2c1C1CCC2C1. The molecule has 2 aromatic heterocycles. The van der Waals surface area contributed by atoms with Crippen molar-refractivity contribution in [2.45, 2.75) is 62.8 Å². The molecule has 4 aliphatic rings. The van der Waals surface area contributed by atoms with E-state index >= 15 is 4.39 Å². The first-order valence-corrected chi connectivity index (χ1v) is 15.4. The molecule has 8 rings (SSSR count). The van der Waals surface area contributed by atoms with E-state index in [0.717, 1.165) is 50.0 Å². The quantitative estimate of drug-likeness (QED) is 0.311. The second-order valence-corrected chi connectivity index (χ2v) is 12.2. The Morgan fingerprint density at radius 3 is 2.38 bits per heavy atom. The minimum atomic E-state index is -0.247. The molecule has 1 saturated carbocycles. The van der Waals surface area contributed by atoms with E-state index in [9.17, 15) is 0 Å². The number of aromatic nitrogens is 5. The van der Waals surface area contributed by atoms with Gasteiger partial charge in [-0.2, -0.15) is 9.67 Å². The fraction of sp³-hybridized carbons (Fsp3) is 0.438. The first kappa shape index (κ1) is 25.6. The number of anilines is 4. The van der Waals surface area contributed by atoms with Crippen LogP contribution in [0.25, 0.3) is 17.1 Å². The van der Waals surface area contributed by atoms with Crippen LogP contribution >= 0.6 is 0 Å². The maximum atomic E-state index is 15.3. The number of halogens is 1. The van der Waals surface area contributed by atoms with Crippen molar-refractivity contribution in [1.29, 1.82) is 0 Å². The molecule has 9 nitrogen and oxygen atoms in total. The number of nitrogens with one attached hydrogen (secondary N) is 1. The molecular weight excluding hydrogens is 529 g/mol. The van der Waals surface area contributed by atoms with Crippen LogP contribution in [-0.4, -0.2) is 62.1 Å². The Labute approximate surface area is 244 Å². The first-order valence-electron chi connectivity index (χ1n) is 15.4. The molecule has 2 saturated heterocycles. The van der Waals surface area contributed by atoms with E-state index in [4.69, 9.17) is 5.73 Å². The molecule has 0 radical (unpaired) electrons. The van der Waals surface area contributed by atoms with Crippen molar-refractivity contribution in [2.24, 2.45) is 0 Å². The zero-order valence-electron chi connectivity index (χ0n) is 23.7. The van der Waals surface area contributed by atoms with Gasteiger partial charge in [0.2, 0.25) is 11.9 Å². The summed E-state index contributed by atoms with van der Waals surface area (Å²) in [6.45, 7) is 4.18. The number of hydrogen-bond donors (Lipinski definition) is 2. The number of hydrogen-bond acceptors (Lipinski definition) is 8. The molecule has 2 atom stereocenters. The summed E-state index contributed by atoms with van der Waals surface area (Å²) in [5.74, 6) is 1.82. The molecule has 2 aliphatic heterocycles. The summed E-state index contributed by atoms with van der Waals surface area (Å²) in [5.41, 5.74) is 12.1. The highest BCUT2D eigenvalue weighted by Gasteiger charge is 2.42. The van der Waals surface area contributed by atoms with Gasteiger partial charge in [-0.1, -0.05) is 30.3 Å². The van der Waals surface area contributed by atoms with E-state index in [0.29, 0.717) is 41.0 Å². The molecule has 0 spiro atoms. The molecule has 0 amide bonds. The van der Waals surface area contributed by atoms with Crippen molar-refractivity contribution in [3.63, 3.8) is 0 Å². The lowest BCUT2D eigenvalue weighted by molar-refractivity contribution is 0.207. The second kappa shape index (κ2) is 10.3. The van der Waals surface area contributed by atoms with Crippen molar-refractivity contribution >= 4 is 23.3 Å². The van der Waals surface area contributed by atoms with Gasteiger partial charge in [-0.25, -0.2) is 4.39 Å². The highest BCUT2D eigenvalue weighted by Crippen LogP contribution is 2.56. The van der Waals surface area contributed by atoms with Crippen LogP contribution in [0.1, 0.15) is 67.9 Å². The van der Waals surface area contributed by atoms with Gasteiger partial charge in [0.25, 0.3) is 0 Å². The number of nitrogens with zero attached hydrogens (tertiary/aromatic N) is 7. The van der Waals surface area contributed by atoms with E-state index < -0.39 is 0 Å². The average Bonchev–Trinajstić information content (AvgIpc) is 3.84. The van der Waals surface area contributed by atoms with Crippen molar-refractivity contribution in [3.8, 4) is 17.1 Å². The predicted octanol–water partition coefficient (Wildman–Crippen LogP) is 5.62. The highest BCUT2D eigenvalue weighted by atomic mass is 19.1. The summed E-state index contributed by atoms with van der Waals surface area (Å²) in [5, 5.41) is 17.1. The summed E-state index contributed by atoms with van der Waals surface area (Å²) in [6.07, 6.45) is 8.18. The minimum Gasteiger partial charge on any atom is -0.369 e. The van der Waals surface area contributed by atoms with Crippen LogP contribution in [0.2, 0.25) is 0 Å². The van der Waals surface area contributed by atoms with Crippen LogP contribution in [0.15, 0.2) is 48.5 Å². The van der Waals surface area contributed by atoms with Gasteiger partial charge in [0.15, 0.2) is 5.82 Å². The summed E-state index contributed by atoms with van der Waals surface area (Å²) in [6, 6.07) is 16.1. The van der Waals surface area contributed by atoms with E-state index in [-0.39, 0.29) is 11.8 Å². The molecule has 2 aliphatic carbocycles. The summed E-state index contributed by atoms with van der Waals surface area (Å²) in [7, 11) is 0. The molecule has 2 aromatic carbocycles. The van der Waals surface area contributed by atoms with E-state index in [1.165, 1.54) is 49.5 Å². The van der Waals surface area contributed by atoms with Crippen molar-refractivity contribution in [3.05, 3.63) is 65.5 Å². The Balaban J connectivity index is 1.02. The third-order valence-electron chi connectivity index (χ3n) is 9.83. The highest BCUT2D eigenvalue weighted by molar-refractivity contribution is 5.70. The van der Waals surface area contributed by atoms with Crippen molar-refractivity contribution in [1.82, 2.24) is 29.9 Å². The van der Waals surface area contributed by atoms with Gasteiger partial charge in [0, 0.05) is 35.9 Å². The predicted molar refractivity (Wildman–Crippen MR) is 162 cm³/mol. The third-order valence-corrected chi connectivity index (χ3v) is 9.83. The third kappa shape index (κ3) is 4.40. The van der Waals surface area contributed by atoms with Gasteiger partial charge < -0.3 is 20.9 Å². The summed E-state index contributed by atoms with van der Waals surface area (Å²) in [4.78, 5) is 9.23. The second-order valence-electron chi connectivity index (χ2n) is 12.2. The zero-order valence-corrected chi connectivity index (χ0v) is 23.7. The van der Waals surface area contributed by atoms with Gasteiger partial charge in [-0.3, -0.25) is 0 Å². The Kier molecular flexibility index (Phi) is 6.31. The van der Waals surface area contributed by atoms with E-state index in [1.807, 2.05) is 30.3 Å². The van der Waals surface area contributed by atoms with Gasteiger partial charge in [-0.15, -0.1) is 15.3 Å². The van der Waals surface area contributed by atoms with Gasteiger partial charge in [0.1, 0.15) is 5.82 Å². The average molecular weight is 566 g/mol. The standard InChI is InChI=1S/C32H36FN9/c33-25-19-23(10-11-26(25)41-16-12-24(13-17-41)40-14-4-5-15-40)35-32-36-31(34)42(39-32)30-28-22-9-8-21(18-22)27(28)29(37-38-30)20-6-2-1-3-7-20/h1-3,6-7,10-11,19,21-22,24H,4-5,8-9,12-18H2,(H3,34,35,36,39). The lowest BCUT2D eigenvalue weighted by Crippen LogP contribution is -2.44. The Morgan fingerprint density at radius 2 is 1.62 bits per heavy atom. The first-order chi connectivity index (χ1) is 20.6. The minimum absolute atomic E-state index is 0.224. The number of piperidine rings is 1. The number of nitrogen functional groups attached to an aromatic ring is 1. The molecule has 2 unspecified atom stereocenters. The Bertz CT molecular complexity index is 1610. The molecular formula is C32H36FN9. The lowest BCUT2D eigenvalue weighted by atomic mass is 9.89. The summed E-state index contributed by atoms with van der Waals surface area (Å²) < 4.78 is 16.9. The maximum absolute atomic E-state index is 15.3. The fourth-order valence-electron chi connectivity index (χ4n) is 7.82. The number of fused-ring (bicyclic) bond motifs is 5. The van der Waals surface area contributed by atoms with E-state index in [2.05, 4.69) is 47.5 Å². The molecule has 2 bridgehead atoms. The van der Waals surface area contributed by atoms with Crippen LogP contribution in [0.5, 0.6) is 0 Å². The smallest absolute Gasteiger partial charge is 0.248 e. The largest absolute Gasteiger partial charge is 0.369 e. The van der Waals surface area contributed by atoms with Crippen LogP contribution in [0.3, 0.4) is 0 Å². The number of likely N-dealkylation sites (tertiary alicyclic amines) is 1. The van der Waals surface area contributed by atoms with Crippen LogP contribution in [0, 0.1) is 5.82 Å². The molecule has 216 valence electrons. The van der Waals surface area contributed by atoms with Crippen LogP contribution in [-0.2, 0) is 0 Å². The Hall–Kier alpha value is -4.05. The fourth-order valence-corrected chi connectivity index (χ4v) is 7.82. The van der Waals surface area contributed by atoms with Crippen molar-refractivity contribution < 1.29 is 4.39 Å². The van der Waals surface area contributed by atoms with Gasteiger partial charge in [-0.05, 0) is 93.6 Å². The molecule has 42 heavy (non-hydrogen) atoms. The monoisotopic (exact) mass is 565 g/mol. The normalized spacial score (nSPS) is 22.2. The van der Waals surface area contributed by atoms with Crippen LogP contribution in [0.4, 0.5) is 27.7 Å². The van der Waals surface area contributed by atoms with Crippen molar-refractivity contribution in [2.75, 3.05) is 42.1 Å². The molecule has 4 heterocycles. The number of rotatable bonds is 6. The number of benzene rings is 2.